The number of hydrogen-bond acceptors (Lipinski definition) is 6. The Hall–Kier alpha value is -3.55. The third kappa shape index (κ3) is 4.79. The van der Waals surface area contributed by atoms with Gasteiger partial charge in [0.05, 0.1) is 17.8 Å². The summed E-state index contributed by atoms with van der Waals surface area (Å²) < 4.78 is 0. The highest BCUT2D eigenvalue weighted by Gasteiger charge is 2.21. The lowest BCUT2D eigenvalue weighted by atomic mass is 10.0. The van der Waals surface area contributed by atoms with Crippen LogP contribution >= 0.6 is 11.3 Å². The quantitative estimate of drug-likeness (QED) is 0.331. The van der Waals surface area contributed by atoms with E-state index in [-0.39, 0.29) is 12.3 Å². The minimum atomic E-state index is -0.0592. The summed E-state index contributed by atoms with van der Waals surface area (Å²) in [6.07, 6.45) is 4.09. The van der Waals surface area contributed by atoms with Gasteiger partial charge in [-0.05, 0) is 78.2 Å². The van der Waals surface area contributed by atoms with Gasteiger partial charge in [-0.15, -0.1) is 0 Å². The minimum Gasteiger partial charge on any atom is -0.325 e. The van der Waals surface area contributed by atoms with Gasteiger partial charge in [0.25, 0.3) is 0 Å². The first-order valence-electron chi connectivity index (χ1n) is 11.0. The number of hydrogen-bond donors (Lipinski definition) is 3. The summed E-state index contributed by atoms with van der Waals surface area (Å²) in [4.78, 5) is 21.9. The zero-order chi connectivity index (χ0) is 22.6. The molecule has 0 unspecified atom stereocenters. The molecule has 2 aromatic heterocycles. The number of thiophene rings is 1. The monoisotopic (exact) mass is 455 g/mol. The maximum Gasteiger partial charge on any atom is 0.228 e. The fourth-order valence-corrected chi connectivity index (χ4v) is 4.73. The number of carbonyl (C=O) groups excluding carboxylic acids is 1. The van der Waals surface area contributed by atoms with E-state index >= 15 is 0 Å². The fraction of sp³-hybridized carbons (Fsp3) is 0.192. The molecular weight excluding hydrogens is 430 g/mol. The molecule has 4 aromatic rings. The largest absolute Gasteiger partial charge is 0.325 e. The van der Waals surface area contributed by atoms with Crippen LogP contribution in [0.15, 0.2) is 65.5 Å². The normalized spacial score (nSPS) is 12.5. The molecule has 1 aliphatic rings. The summed E-state index contributed by atoms with van der Waals surface area (Å²) >= 11 is 1.65. The number of benzene rings is 2. The lowest BCUT2D eigenvalue weighted by molar-refractivity contribution is -0.115. The SMILES string of the molecule is CNCCCc1cccc(Nc2ncc3c(n2)-c2ccc(-c4ccsc4)cc2NC(=O)C3)c1. The molecule has 1 amide bonds. The molecule has 0 aliphatic carbocycles. The van der Waals surface area contributed by atoms with Crippen LogP contribution < -0.4 is 16.0 Å². The zero-order valence-corrected chi connectivity index (χ0v) is 19.2. The van der Waals surface area contributed by atoms with E-state index in [2.05, 4.69) is 56.0 Å². The minimum absolute atomic E-state index is 0.0592. The molecule has 5 rings (SSSR count). The molecule has 0 saturated heterocycles. The molecule has 7 heteroatoms. The summed E-state index contributed by atoms with van der Waals surface area (Å²) in [7, 11) is 1.97. The molecule has 0 spiro atoms. The molecule has 3 heterocycles. The number of aryl methyl sites for hydroxylation is 1. The van der Waals surface area contributed by atoms with E-state index in [0.29, 0.717) is 5.95 Å². The van der Waals surface area contributed by atoms with Crippen LogP contribution in [0.3, 0.4) is 0 Å². The van der Waals surface area contributed by atoms with Gasteiger partial charge in [0.15, 0.2) is 0 Å². The van der Waals surface area contributed by atoms with E-state index < -0.39 is 0 Å². The lowest BCUT2D eigenvalue weighted by Gasteiger charge is -2.12. The van der Waals surface area contributed by atoms with E-state index in [0.717, 1.165) is 58.7 Å². The third-order valence-electron chi connectivity index (χ3n) is 5.69. The summed E-state index contributed by atoms with van der Waals surface area (Å²) in [6.45, 7) is 0.992. The second-order valence-electron chi connectivity index (χ2n) is 8.10. The van der Waals surface area contributed by atoms with Crippen LogP contribution in [0.4, 0.5) is 17.3 Å². The first-order valence-corrected chi connectivity index (χ1v) is 12.0. The maximum absolute atomic E-state index is 12.5. The van der Waals surface area contributed by atoms with Crippen molar-refractivity contribution in [2.75, 3.05) is 24.2 Å². The van der Waals surface area contributed by atoms with Gasteiger partial charge in [-0.1, -0.05) is 24.3 Å². The molecule has 1 aliphatic heterocycles. The number of fused-ring (bicyclic) bond motifs is 3. The van der Waals surface area contributed by atoms with Crippen molar-refractivity contribution in [3.05, 3.63) is 76.6 Å². The van der Waals surface area contributed by atoms with Crippen LogP contribution in [0, 0.1) is 0 Å². The Balaban J connectivity index is 1.46. The van der Waals surface area contributed by atoms with Crippen LogP contribution in [-0.4, -0.2) is 29.5 Å². The van der Waals surface area contributed by atoms with Crippen LogP contribution in [0.1, 0.15) is 17.5 Å². The van der Waals surface area contributed by atoms with Crippen molar-refractivity contribution in [2.24, 2.45) is 0 Å². The second kappa shape index (κ2) is 9.52. The smallest absolute Gasteiger partial charge is 0.228 e. The third-order valence-corrected chi connectivity index (χ3v) is 6.38. The highest BCUT2D eigenvalue weighted by Crippen LogP contribution is 2.36. The van der Waals surface area contributed by atoms with Crippen LogP contribution in [0.5, 0.6) is 0 Å². The predicted molar refractivity (Wildman–Crippen MR) is 135 cm³/mol. The Bertz CT molecular complexity index is 1290. The molecule has 166 valence electrons. The molecule has 0 fully saturated rings. The lowest BCUT2D eigenvalue weighted by Crippen LogP contribution is -2.12. The number of nitrogens with zero attached hydrogens (tertiary/aromatic N) is 2. The average Bonchev–Trinajstić information content (AvgIpc) is 3.31. The first-order chi connectivity index (χ1) is 16.2. The predicted octanol–water partition coefficient (Wildman–Crippen LogP) is 5.26. The fourth-order valence-electron chi connectivity index (χ4n) is 4.06. The Morgan fingerprint density at radius 1 is 1.12 bits per heavy atom. The topological polar surface area (TPSA) is 78.9 Å². The van der Waals surface area contributed by atoms with Gasteiger partial charge in [0, 0.05) is 23.0 Å². The van der Waals surface area contributed by atoms with Gasteiger partial charge in [-0.2, -0.15) is 11.3 Å². The number of anilines is 3. The van der Waals surface area contributed by atoms with E-state index in [4.69, 9.17) is 4.98 Å². The maximum atomic E-state index is 12.5. The number of aromatic nitrogens is 2. The van der Waals surface area contributed by atoms with Gasteiger partial charge < -0.3 is 16.0 Å². The Kier molecular flexibility index (Phi) is 6.15. The number of rotatable bonds is 7. The first kappa shape index (κ1) is 21.3. The zero-order valence-electron chi connectivity index (χ0n) is 18.4. The van der Waals surface area contributed by atoms with Crippen molar-refractivity contribution in [2.45, 2.75) is 19.3 Å². The van der Waals surface area contributed by atoms with Gasteiger partial charge in [-0.3, -0.25) is 4.79 Å². The van der Waals surface area contributed by atoms with Gasteiger partial charge in [-0.25, -0.2) is 9.97 Å². The molecule has 33 heavy (non-hydrogen) atoms. The van der Waals surface area contributed by atoms with Crippen molar-refractivity contribution in [3.63, 3.8) is 0 Å². The van der Waals surface area contributed by atoms with Crippen molar-refractivity contribution in [3.8, 4) is 22.4 Å². The molecule has 0 atom stereocenters. The van der Waals surface area contributed by atoms with Gasteiger partial charge >= 0.3 is 0 Å². The van der Waals surface area contributed by atoms with Crippen molar-refractivity contribution in [1.82, 2.24) is 15.3 Å². The van der Waals surface area contributed by atoms with Crippen LogP contribution in [0.2, 0.25) is 0 Å². The van der Waals surface area contributed by atoms with Crippen molar-refractivity contribution < 1.29 is 4.79 Å². The Morgan fingerprint density at radius 2 is 2.06 bits per heavy atom. The number of carbonyl (C=O) groups is 1. The molecule has 0 bridgehead atoms. The van der Waals surface area contributed by atoms with E-state index in [1.54, 1.807) is 17.5 Å². The number of nitrogens with one attached hydrogen (secondary N) is 3. The highest BCUT2D eigenvalue weighted by molar-refractivity contribution is 7.08. The van der Waals surface area contributed by atoms with Crippen LogP contribution in [-0.2, 0) is 17.6 Å². The average molecular weight is 456 g/mol. The summed E-state index contributed by atoms with van der Waals surface area (Å²) in [5.41, 5.74) is 7.71. The molecular formula is C26H25N5OS. The van der Waals surface area contributed by atoms with Crippen molar-refractivity contribution in [1.29, 1.82) is 0 Å². The van der Waals surface area contributed by atoms with Crippen LogP contribution in [0.25, 0.3) is 22.4 Å². The molecule has 0 radical (unpaired) electrons. The Labute approximate surface area is 197 Å². The summed E-state index contributed by atoms with van der Waals surface area (Å²) in [6, 6.07) is 16.5. The molecule has 3 N–H and O–H groups in total. The van der Waals surface area contributed by atoms with Crippen molar-refractivity contribution >= 4 is 34.6 Å². The van der Waals surface area contributed by atoms with E-state index in [1.165, 1.54) is 5.56 Å². The van der Waals surface area contributed by atoms with E-state index in [1.807, 2.05) is 31.3 Å². The number of amides is 1. The standard InChI is InChI=1S/C26H25N5OS/c1-27-10-3-5-17-4-2-6-21(12-17)29-26-28-15-20-14-24(32)30-23-13-18(19-9-11-33-16-19)7-8-22(23)25(20)31-26/h2,4,6-9,11-13,15-16,27H,3,5,10,14H2,1H3,(H,30,32)(H,28,29,31). The highest BCUT2D eigenvalue weighted by atomic mass is 32.1. The van der Waals surface area contributed by atoms with Gasteiger partial charge in [0.2, 0.25) is 11.9 Å². The second-order valence-corrected chi connectivity index (χ2v) is 8.88. The van der Waals surface area contributed by atoms with Gasteiger partial charge in [0.1, 0.15) is 0 Å². The molecule has 6 nitrogen and oxygen atoms in total. The summed E-state index contributed by atoms with van der Waals surface area (Å²) in [5, 5.41) is 13.7. The van der Waals surface area contributed by atoms with E-state index in [9.17, 15) is 4.79 Å². The Morgan fingerprint density at radius 3 is 2.91 bits per heavy atom. The molecule has 2 aromatic carbocycles. The summed E-state index contributed by atoms with van der Waals surface area (Å²) in [5.74, 6) is 0.458. The molecule has 0 saturated carbocycles.